The molecule has 0 saturated carbocycles. The van der Waals surface area contributed by atoms with Gasteiger partial charge in [0.15, 0.2) is 0 Å². The molecule has 1 saturated heterocycles. The first kappa shape index (κ1) is 24.0. The van der Waals surface area contributed by atoms with Crippen LogP contribution in [0.1, 0.15) is 22.7 Å². The average molecular weight is 473 g/mol. The van der Waals surface area contributed by atoms with Gasteiger partial charge in [-0.3, -0.25) is 9.59 Å². The van der Waals surface area contributed by atoms with Crippen LogP contribution in [-0.2, 0) is 16.2 Å². The van der Waals surface area contributed by atoms with Crippen molar-refractivity contribution in [3.05, 3.63) is 101 Å². The first-order valence-corrected chi connectivity index (χ1v) is 11.3. The Morgan fingerprint density at radius 2 is 1.60 bits per heavy atom. The summed E-state index contributed by atoms with van der Waals surface area (Å²) >= 11 is 0. The number of nitrogens with zero attached hydrogens (tertiary/aromatic N) is 2. The molecule has 7 nitrogen and oxygen atoms in total. The predicted molar refractivity (Wildman–Crippen MR) is 133 cm³/mol. The fraction of sp³-hybridized carbons (Fsp3) is 0.214. The van der Waals surface area contributed by atoms with Gasteiger partial charge in [0.05, 0.1) is 11.6 Å². The highest BCUT2D eigenvalue weighted by Crippen LogP contribution is 2.39. The van der Waals surface area contributed by atoms with Crippen LogP contribution in [-0.4, -0.2) is 58.9 Å². The Kier molecular flexibility index (Phi) is 7.17. The molecule has 1 aliphatic heterocycles. The lowest BCUT2D eigenvalue weighted by atomic mass is 9.95. The summed E-state index contributed by atoms with van der Waals surface area (Å²) in [5.41, 5.74) is 2.10. The largest absolute Gasteiger partial charge is 0.508 e. The van der Waals surface area contributed by atoms with Gasteiger partial charge in [0.2, 0.25) is 0 Å². The summed E-state index contributed by atoms with van der Waals surface area (Å²) in [7, 11) is 3.77. The molecule has 180 valence electrons. The lowest BCUT2D eigenvalue weighted by Gasteiger charge is -2.26. The first-order chi connectivity index (χ1) is 16.8. The van der Waals surface area contributed by atoms with Gasteiger partial charge in [-0.1, -0.05) is 42.5 Å². The number of phenolic OH excluding ortho intramolecular Hbond substituents is 1. The minimum Gasteiger partial charge on any atom is -0.508 e. The van der Waals surface area contributed by atoms with E-state index in [0.717, 1.165) is 5.56 Å². The normalized spacial score (nSPS) is 17.2. The summed E-state index contributed by atoms with van der Waals surface area (Å²) in [6.07, 6.45) is 0. The Balaban J connectivity index is 1.65. The van der Waals surface area contributed by atoms with Gasteiger partial charge in [-0.15, -0.1) is 0 Å². The second-order valence-corrected chi connectivity index (χ2v) is 8.69. The Morgan fingerprint density at radius 1 is 0.943 bits per heavy atom. The van der Waals surface area contributed by atoms with Crippen LogP contribution in [0.3, 0.4) is 0 Å². The second-order valence-electron chi connectivity index (χ2n) is 8.69. The number of phenols is 1. The number of aliphatic hydroxyl groups is 1. The molecule has 1 fully saturated rings. The SMILES string of the molecule is CN(C)CCN1C(=O)C(=O)/C(=C(\O)c2ccc(OCc3ccccc3)cc2)C1c1ccc(O)cc1. The maximum Gasteiger partial charge on any atom is 0.295 e. The summed E-state index contributed by atoms with van der Waals surface area (Å²) in [4.78, 5) is 29.4. The van der Waals surface area contributed by atoms with Crippen molar-refractivity contribution in [1.29, 1.82) is 0 Å². The summed E-state index contributed by atoms with van der Waals surface area (Å²) in [6.45, 7) is 1.27. The molecule has 3 aromatic carbocycles. The number of likely N-dealkylation sites (tertiary alicyclic amines) is 1. The van der Waals surface area contributed by atoms with Crippen molar-refractivity contribution in [2.75, 3.05) is 27.2 Å². The van der Waals surface area contributed by atoms with Gasteiger partial charge < -0.3 is 24.7 Å². The lowest BCUT2D eigenvalue weighted by molar-refractivity contribution is -0.140. The van der Waals surface area contributed by atoms with Crippen LogP contribution in [0.15, 0.2) is 84.4 Å². The molecule has 0 aromatic heterocycles. The van der Waals surface area contributed by atoms with E-state index in [4.69, 9.17) is 4.74 Å². The molecular weight excluding hydrogens is 444 g/mol. The van der Waals surface area contributed by atoms with Crippen LogP contribution in [0, 0.1) is 0 Å². The third-order valence-corrected chi connectivity index (χ3v) is 5.91. The molecular formula is C28H28N2O5. The Hall–Kier alpha value is -4.10. The van der Waals surface area contributed by atoms with Crippen molar-refractivity contribution in [3.63, 3.8) is 0 Å². The number of aliphatic hydroxyl groups excluding tert-OH is 1. The zero-order valence-electron chi connectivity index (χ0n) is 19.7. The molecule has 0 aliphatic carbocycles. The second kappa shape index (κ2) is 10.4. The smallest absolute Gasteiger partial charge is 0.295 e. The van der Waals surface area contributed by atoms with Crippen molar-refractivity contribution >= 4 is 17.4 Å². The van der Waals surface area contributed by atoms with E-state index in [1.165, 1.54) is 17.0 Å². The summed E-state index contributed by atoms with van der Waals surface area (Å²) in [6, 6.07) is 22.1. The van der Waals surface area contributed by atoms with Crippen molar-refractivity contribution in [2.24, 2.45) is 0 Å². The summed E-state index contributed by atoms with van der Waals surface area (Å²) < 4.78 is 5.81. The zero-order valence-corrected chi connectivity index (χ0v) is 19.7. The number of hydrogen-bond acceptors (Lipinski definition) is 6. The Labute approximate surface area is 204 Å². The summed E-state index contributed by atoms with van der Waals surface area (Å²) in [5.74, 6) is -0.946. The third kappa shape index (κ3) is 5.36. The lowest BCUT2D eigenvalue weighted by Crippen LogP contribution is -2.35. The number of ketones is 1. The van der Waals surface area contributed by atoms with Crippen LogP contribution < -0.4 is 4.74 Å². The minimum atomic E-state index is -0.760. The monoisotopic (exact) mass is 472 g/mol. The number of amides is 1. The van der Waals surface area contributed by atoms with Crippen LogP contribution in [0.25, 0.3) is 5.76 Å². The fourth-order valence-corrected chi connectivity index (χ4v) is 4.03. The van der Waals surface area contributed by atoms with Crippen molar-refractivity contribution in [1.82, 2.24) is 9.80 Å². The number of benzene rings is 3. The molecule has 4 rings (SSSR count). The molecule has 3 aromatic rings. The van der Waals surface area contributed by atoms with E-state index in [2.05, 4.69) is 0 Å². The van der Waals surface area contributed by atoms with Gasteiger partial charge in [-0.25, -0.2) is 0 Å². The molecule has 2 N–H and O–H groups in total. The topological polar surface area (TPSA) is 90.3 Å². The van der Waals surface area contributed by atoms with E-state index in [9.17, 15) is 19.8 Å². The van der Waals surface area contributed by atoms with E-state index in [-0.39, 0.29) is 17.1 Å². The fourth-order valence-electron chi connectivity index (χ4n) is 4.03. The standard InChI is InChI=1S/C28H28N2O5/c1-29(2)16-17-30-25(20-8-12-22(31)13-9-20)24(27(33)28(30)34)26(32)21-10-14-23(15-11-21)35-18-19-6-4-3-5-7-19/h3-15,25,31-32H,16-18H2,1-2H3/b26-24-. The maximum absolute atomic E-state index is 13.1. The molecule has 0 spiro atoms. The first-order valence-electron chi connectivity index (χ1n) is 11.3. The summed E-state index contributed by atoms with van der Waals surface area (Å²) in [5, 5.41) is 20.9. The highest BCUT2D eigenvalue weighted by molar-refractivity contribution is 6.46. The van der Waals surface area contributed by atoms with E-state index in [1.807, 2.05) is 49.3 Å². The van der Waals surface area contributed by atoms with Gasteiger partial charge in [-0.05, 0) is 61.6 Å². The molecule has 1 atom stereocenters. The number of carbonyl (C=O) groups excluding carboxylic acids is 2. The maximum atomic E-state index is 13.1. The molecule has 1 aliphatic rings. The van der Waals surface area contributed by atoms with Crippen LogP contribution in [0.5, 0.6) is 11.5 Å². The van der Waals surface area contributed by atoms with Crippen LogP contribution in [0.4, 0.5) is 0 Å². The van der Waals surface area contributed by atoms with E-state index in [1.54, 1.807) is 36.4 Å². The molecule has 1 heterocycles. The van der Waals surface area contributed by atoms with Gasteiger partial charge in [0, 0.05) is 18.7 Å². The van der Waals surface area contributed by atoms with Crippen LogP contribution >= 0.6 is 0 Å². The number of ether oxygens (including phenoxy) is 1. The van der Waals surface area contributed by atoms with Gasteiger partial charge >= 0.3 is 0 Å². The van der Waals surface area contributed by atoms with Gasteiger partial charge in [0.25, 0.3) is 11.7 Å². The van der Waals surface area contributed by atoms with Crippen molar-refractivity contribution < 1.29 is 24.5 Å². The number of aromatic hydroxyl groups is 1. The quantitative estimate of drug-likeness (QED) is 0.293. The highest BCUT2D eigenvalue weighted by atomic mass is 16.5. The molecule has 35 heavy (non-hydrogen) atoms. The number of carbonyl (C=O) groups is 2. The third-order valence-electron chi connectivity index (χ3n) is 5.91. The van der Waals surface area contributed by atoms with E-state index in [0.29, 0.717) is 36.6 Å². The number of hydrogen-bond donors (Lipinski definition) is 2. The predicted octanol–water partition coefficient (Wildman–Crippen LogP) is 3.95. The van der Waals surface area contributed by atoms with Gasteiger partial charge in [0.1, 0.15) is 23.9 Å². The van der Waals surface area contributed by atoms with E-state index >= 15 is 0 Å². The molecule has 1 unspecified atom stereocenters. The number of Topliss-reactive ketones (excluding diaryl/α,β-unsaturated/α-hetero) is 1. The van der Waals surface area contributed by atoms with E-state index < -0.39 is 17.7 Å². The molecule has 0 radical (unpaired) electrons. The molecule has 0 bridgehead atoms. The number of rotatable bonds is 8. The molecule has 1 amide bonds. The zero-order chi connectivity index (χ0) is 24.9. The Morgan fingerprint density at radius 3 is 2.23 bits per heavy atom. The average Bonchev–Trinajstić information content (AvgIpc) is 3.12. The Bertz CT molecular complexity index is 1220. The minimum absolute atomic E-state index is 0.0254. The van der Waals surface area contributed by atoms with Crippen molar-refractivity contribution in [2.45, 2.75) is 12.6 Å². The number of likely N-dealkylation sites (N-methyl/N-ethyl adjacent to an activating group) is 1. The van der Waals surface area contributed by atoms with Crippen molar-refractivity contribution in [3.8, 4) is 11.5 Å². The molecule has 7 heteroatoms. The van der Waals surface area contributed by atoms with Gasteiger partial charge in [-0.2, -0.15) is 0 Å². The highest BCUT2D eigenvalue weighted by Gasteiger charge is 2.45. The van der Waals surface area contributed by atoms with Crippen LogP contribution in [0.2, 0.25) is 0 Å².